The van der Waals surface area contributed by atoms with Crippen LogP contribution in [0.5, 0.6) is 0 Å². The molecule has 2 aromatic carbocycles. The van der Waals surface area contributed by atoms with E-state index in [1.54, 1.807) is 0 Å². The number of rotatable bonds is 4. The predicted molar refractivity (Wildman–Crippen MR) is 96.9 cm³/mol. The number of hydrogen-bond acceptors (Lipinski definition) is 2. The van der Waals surface area contributed by atoms with Gasteiger partial charge < -0.3 is 5.32 Å². The van der Waals surface area contributed by atoms with Crippen LogP contribution in [-0.4, -0.2) is 6.04 Å². The molecule has 108 valence electrons. The molecule has 3 rings (SSSR count). The van der Waals surface area contributed by atoms with Crippen LogP contribution in [0.4, 0.5) is 0 Å². The molecule has 0 aliphatic carbocycles. The Kier molecular flexibility index (Phi) is 4.43. The molecule has 3 heteroatoms. The van der Waals surface area contributed by atoms with Gasteiger partial charge in [0.25, 0.3) is 0 Å². The van der Waals surface area contributed by atoms with Crippen LogP contribution < -0.4 is 5.32 Å². The van der Waals surface area contributed by atoms with Gasteiger partial charge in [-0.3, -0.25) is 0 Å². The first-order valence-corrected chi connectivity index (χ1v) is 8.76. The molecule has 0 aliphatic heterocycles. The van der Waals surface area contributed by atoms with Crippen LogP contribution in [-0.2, 0) is 6.54 Å². The third kappa shape index (κ3) is 3.20. The van der Waals surface area contributed by atoms with Crippen molar-refractivity contribution in [1.29, 1.82) is 0 Å². The molecule has 0 aliphatic rings. The summed E-state index contributed by atoms with van der Waals surface area (Å²) in [7, 11) is 0. The Balaban J connectivity index is 1.99. The van der Waals surface area contributed by atoms with Crippen LogP contribution in [0.15, 0.2) is 53.0 Å². The SMILES string of the molecule is CC(C)NCc1ccc(-c2ccc(Br)c3ccccc23)s1. The Hall–Kier alpha value is -1.16. The van der Waals surface area contributed by atoms with E-state index in [4.69, 9.17) is 0 Å². The van der Waals surface area contributed by atoms with Crippen molar-refractivity contribution < 1.29 is 0 Å². The maximum atomic E-state index is 3.64. The van der Waals surface area contributed by atoms with E-state index >= 15 is 0 Å². The van der Waals surface area contributed by atoms with Crippen LogP contribution in [0.2, 0.25) is 0 Å². The first-order chi connectivity index (χ1) is 10.1. The Morgan fingerprint density at radius 3 is 2.52 bits per heavy atom. The average molecular weight is 360 g/mol. The van der Waals surface area contributed by atoms with Gasteiger partial charge in [-0.2, -0.15) is 0 Å². The Morgan fingerprint density at radius 1 is 1.00 bits per heavy atom. The van der Waals surface area contributed by atoms with Crippen LogP contribution in [0.1, 0.15) is 18.7 Å². The van der Waals surface area contributed by atoms with E-state index in [-0.39, 0.29) is 0 Å². The van der Waals surface area contributed by atoms with Crippen molar-refractivity contribution >= 4 is 38.0 Å². The summed E-state index contributed by atoms with van der Waals surface area (Å²) in [5, 5.41) is 6.05. The summed E-state index contributed by atoms with van der Waals surface area (Å²) in [6.45, 7) is 5.30. The van der Waals surface area contributed by atoms with Crippen LogP contribution in [0.3, 0.4) is 0 Å². The topological polar surface area (TPSA) is 12.0 Å². The number of thiophene rings is 1. The number of benzene rings is 2. The van der Waals surface area contributed by atoms with Gasteiger partial charge >= 0.3 is 0 Å². The summed E-state index contributed by atoms with van der Waals surface area (Å²) in [5.74, 6) is 0. The number of fused-ring (bicyclic) bond motifs is 1. The second kappa shape index (κ2) is 6.30. The molecule has 1 nitrogen and oxygen atoms in total. The fraction of sp³-hybridized carbons (Fsp3) is 0.222. The fourth-order valence-corrected chi connectivity index (χ4v) is 3.88. The quantitative estimate of drug-likeness (QED) is 0.617. The summed E-state index contributed by atoms with van der Waals surface area (Å²) in [5.41, 5.74) is 1.31. The summed E-state index contributed by atoms with van der Waals surface area (Å²) in [4.78, 5) is 2.71. The zero-order chi connectivity index (χ0) is 14.8. The molecule has 1 heterocycles. The first-order valence-electron chi connectivity index (χ1n) is 7.15. The lowest BCUT2D eigenvalue weighted by Gasteiger charge is -2.07. The smallest absolute Gasteiger partial charge is 0.0352 e. The lowest BCUT2D eigenvalue weighted by Crippen LogP contribution is -2.21. The molecular formula is C18H18BrNS. The maximum absolute atomic E-state index is 3.64. The molecule has 21 heavy (non-hydrogen) atoms. The van der Waals surface area contributed by atoms with E-state index in [0.717, 1.165) is 11.0 Å². The molecule has 0 bridgehead atoms. The summed E-state index contributed by atoms with van der Waals surface area (Å²) in [6, 6.07) is 17.9. The highest BCUT2D eigenvalue weighted by atomic mass is 79.9. The third-order valence-corrected chi connectivity index (χ3v) is 5.29. The minimum Gasteiger partial charge on any atom is -0.310 e. The second-order valence-corrected chi connectivity index (χ2v) is 7.46. The van der Waals surface area contributed by atoms with E-state index in [9.17, 15) is 0 Å². The van der Waals surface area contributed by atoms with Crippen molar-refractivity contribution in [3.05, 3.63) is 57.9 Å². The molecule has 3 aromatic rings. The maximum Gasteiger partial charge on any atom is 0.0352 e. The van der Waals surface area contributed by atoms with Gasteiger partial charge in [0.1, 0.15) is 0 Å². The first kappa shape index (κ1) is 14.8. The summed E-state index contributed by atoms with van der Waals surface area (Å²) < 4.78 is 1.15. The molecular weight excluding hydrogens is 342 g/mol. The summed E-state index contributed by atoms with van der Waals surface area (Å²) >= 11 is 5.51. The number of nitrogens with one attached hydrogen (secondary N) is 1. The van der Waals surface area contributed by atoms with E-state index in [1.165, 1.54) is 26.1 Å². The molecule has 0 unspecified atom stereocenters. The minimum atomic E-state index is 0.518. The van der Waals surface area contributed by atoms with E-state index in [2.05, 4.69) is 83.6 Å². The standard InChI is InChI=1S/C18H18BrNS/c1-12(2)20-11-13-7-10-18(21-13)16-8-9-17(19)15-6-4-3-5-14(15)16/h3-10,12,20H,11H2,1-2H3. The number of halogens is 1. The van der Waals surface area contributed by atoms with Crippen molar-refractivity contribution in [2.45, 2.75) is 26.4 Å². The van der Waals surface area contributed by atoms with E-state index < -0.39 is 0 Å². The third-order valence-electron chi connectivity index (χ3n) is 3.48. The summed E-state index contributed by atoms with van der Waals surface area (Å²) in [6.07, 6.45) is 0. The van der Waals surface area contributed by atoms with E-state index in [1.807, 2.05) is 11.3 Å². The van der Waals surface area contributed by atoms with Crippen molar-refractivity contribution in [1.82, 2.24) is 5.32 Å². The monoisotopic (exact) mass is 359 g/mol. The number of hydrogen-bond donors (Lipinski definition) is 1. The van der Waals surface area contributed by atoms with Gasteiger partial charge in [0.2, 0.25) is 0 Å². The van der Waals surface area contributed by atoms with Gasteiger partial charge in [0, 0.05) is 26.8 Å². The molecule has 0 atom stereocenters. The largest absolute Gasteiger partial charge is 0.310 e. The predicted octanol–water partition coefficient (Wildman–Crippen LogP) is 5.83. The van der Waals surface area contributed by atoms with Crippen LogP contribution in [0.25, 0.3) is 21.2 Å². The van der Waals surface area contributed by atoms with Gasteiger partial charge in [0.15, 0.2) is 0 Å². The second-order valence-electron chi connectivity index (χ2n) is 5.44. The van der Waals surface area contributed by atoms with Gasteiger partial charge in [-0.1, -0.05) is 60.1 Å². The highest BCUT2D eigenvalue weighted by Crippen LogP contribution is 2.36. The lowest BCUT2D eigenvalue weighted by molar-refractivity contribution is 0.593. The van der Waals surface area contributed by atoms with Crippen molar-refractivity contribution in [3.8, 4) is 10.4 Å². The van der Waals surface area contributed by atoms with Crippen LogP contribution >= 0.6 is 27.3 Å². The molecule has 0 radical (unpaired) electrons. The molecule has 0 amide bonds. The lowest BCUT2D eigenvalue weighted by atomic mass is 10.0. The highest BCUT2D eigenvalue weighted by Gasteiger charge is 2.09. The van der Waals surface area contributed by atoms with Gasteiger partial charge in [-0.25, -0.2) is 0 Å². The van der Waals surface area contributed by atoms with Crippen molar-refractivity contribution in [2.24, 2.45) is 0 Å². The molecule has 0 saturated heterocycles. The van der Waals surface area contributed by atoms with E-state index in [0.29, 0.717) is 6.04 Å². The normalized spacial score (nSPS) is 11.4. The van der Waals surface area contributed by atoms with Crippen molar-refractivity contribution in [3.63, 3.8) is 0 Å². The van der Waals surface area contributed by atoms with Gasteiger partial charge in [-0.05, 0) is 34.5 Å². The molecule has 0 saturated carbocycles. The zero-order valence-electron chi connectivity index (χ0n) is 12.2. The minimum absolute atomic E-state index is 0.518. The fourth-order valence-electron chi connectivity index (χ4n) is 2.40. The molecule has 0 fully saturated rings. The van der Waals surface area contributed by atoms with Gasteiger partial charge in [-0.15, -0.1) is 11.3 Å². The Morgan fingerprint density at radius 2 is 1.76 bits per heavy atom. The Labute approximate surface area is 138 Å². The zero-order valence-corrected chi connectivity index (χ0v) is 14.6. The van der Waals surface area contributed by atoms with Gasteiger partial charge in [0.05, 0.1) is 0 Å². The highest BCUT2D eigenvalue weighted by molar-refractivity contribution is 9.10. The van der Waals surface area contributed by atoms with Crippen LogP contribution in [0, 0.1) is 0 Å². The molecule has 1 aromatic heterocycles. The van der Waals surface area contributed by atoms with Crippen molar-refractivity contribution in [2.75, 3.05) is 0 Å². The Bertz CT molecular complexity index is 761. The molecule has 0 spiro atoms. The average Bonchev–Trinajstić information content (AvgIpc) is 2.94. The molecule has 1 N–H and O–H groups in total.